The largest absolute Gasteiger partial charge is 0.390 e. The van der Waals surface area contributed by atoms with Gasteiger partial charge >= 0.3 is 0 Å². The van der Waals surface area contributed by atoms with Crippen LogP contribution < -0.4 is 10.6 Å². The molecule has 0 bridgehead atoms. The van der Waals surface area contributed by atoms with Crippen LogP contribution in [0.3, 0.4) is 0 Å². The van der Waals surface area contributed by atoms with E-state index >= 15 is 0 Å². The summed E-state index contributed by atoms with van der Waals surface area (Å²) in [5, 5.41) is 39.5. The van der Waals surface area contributed by atoms with Gasteiger partial charge in [-0.15, -0.1) is 11.3 Å². The Kier molecular flexibility index (Phi) is 7.73. The minimum Gasteiger partial charge on any atom is -0.390 e. The summed E-state index contributed by atoms with van der Waals surface area (Å²) in [6, 6.07) is 1.40. The van der Waals surface area contributed by atoms with Crippen molar-refractivity contribution in [1.29, 1.82) is 0 Å². The number of carbonyl (C=O) groups is 1. The third-order valence-corrected chi connectivity index (χ3v) is 8.80. The van der Waals surface area contributed by atoms with Gasteiger partial charge in [0.2, 0.25) is 11.9 Å². The molecule has 3 aromatic heterocycles. The lowest BCUT2D eigenvalue weighted by molar-refractivity contribution is -0.127. The van der Waals surface area contributed by atoms with Gasteiger partial charge in [0.1, 0.15) is 22.4 Å². The molecular weight excluding hydrogens is 518 g/mol. The summed E-state index contributed by atoms with van der Waals surface area (Å²) in [7, 11) is 0. The molecule has 11 nitrogen and oxygen atoms in total. The lowest BCUT2D eigenvalue weighted by Crippen LogP contribution is -2.40. The zero-order chi connectivity index (χ0) is 27.9. The fourth-order valence-corrected chi connectivity index (χ4v) is 6.68. The molecule has 0 unspecified atom stereocenters. The first-order valence-corrected chi connectivity index (χ1v) is 14.3. The molecule has 1 saturated heterocycles. The van der Waals surface area contributed by atoms with E-state index < -0.39 is 29.8 Å². The van der Waals surface area contributed by atoms with E-state index in [9.17, 15) is 20.1 Å². The molecule has 5 N–H and O–H groups in total. The molecule has 210 valence electrons. The van der Waals surface area contributed by atoms with Crippen LogP contribution >= 0.6 is 11.3 Å². The summed E-state index contributed by atoms with van der Waals surface area (Å²) in [5.74, 6) is 0.633. The minimum atomic E-state index is -1.15. The summed E-state index contributed by atoms with van der Waals surface area (Å²) in [6.45, 7) is 9.21. The number of nitrogens with one attached hydrogen (secondary N) is 2. The van der Waals surface area contributed by atoms with Crippen molar-refractivity contribution in [2.45, 2.75) is 77.2 Å². The van der Waals surface area contributed by atoms with Crippen molar-refractivity contribution in [2.75, 3.05) is 30.3 Å². The number of anilines is 2. The molecule has 1 amide bonds. The van der Waals surface area contributed by atoms with Crippen molar-refractivity contribution < 1.29 is 20.1 Å². The van der Waals surface area contributed by atoms with Crippen LogP contribution in [0.5, 0.6) is 0 Å². The van der Waals surface area contributed by atoms with Gasteiger partial charge < -0.3 is 30.9 Å². The van der Waals surface area contributed by atoms with Crippen molar-refractivity contribution in [1.82, 2.24) is 24.8 Å². The molecule has 0 spiro atoms. The Morgan fingerprint density at radius 2 is 1.95 bits per heavy atom. The molecule has 1 aliphatic carbocycles. The van der Waals surface area contributed by atoms with Crippen molar-refractivity contribution in [3.63, 3.8) is 0 Å². The molecule has 3 aromatic rings. The molecule has 4 atom stereocenters. The predicted octanol–water partition coefficient (Wildman–Crippen LogP) is 2.48. The van der Waals surface area contributed by atoms with E-state index in [4.69, 9.17) is 15.0 Å². The molecule has 5 rings (SSSR count). The van der Waals surface area contributed by atoms with E-state index in [0.717, 1.165) is 45.9 Å². The predicted molar refractivity (Wildman–Crippen MR) is 151 cm³/mol. The number of carbonyl (C=O) groups excluding carboxylic acids is 1. The van der Waals surface area contributed by atoms with Gasteiger partial charge in [-0.2, -0.15) is 4.98 Å². The van der Waals surface area contributed by atoms with Crippen LogP contribution in [0, 0.1) is 19.8 Å². The highest BCUT2D eigenvalue weighted by Gasteiger charge is 2.48. The number of aliphatic hydroxyl groups is 3. The SMILES string of the molecule is Cc1nc(NCCCN2CCCC2=O)nc(N[C@@H]2C[C@H](C(C)(C)O)[C@@H](O)[C@H]2O)c1-c1nc2c(C)nccc2s1. The Balaban J connectivity index is 1.43. The van der Waals surface area contributed by atoms with E-state index in [1.54, 1.807) is 20.0 Å². The molecule has 0 aromatic carbocycles. The average molecular weight is 556 g/mol. The lowest BCUT2D eigenvalue weighted by Gasteiger charge is -2.28. The first kappa shape index (κ1) is 27.6. The van der Waals surface area contributed by atoms with E-state index in [-0.39, 0.29) is 5.91 Å². The number of pyridine rings is 1. The number of nitrogens with zero attached hydrogens (tertiary/aromatic N) is 5. The second-order valence-corrected chi connectivity index (χ2v) is 12.1. The molecule has 12 heteroatoms. The Labute approximate surface area is 231 Å². The molecule has 1 saturated carbocycles. The number of fused-ring (bicyclic) bond motifs is 1. The molecule has 1 aliphatic heterocycles. The molecule has 2 fully saturated rings. The molecule has 0 radical (unpaired) electrons. The van der Waals surface area contributed by atoms with Crippen LogP contribution in [-0.4, -0.2) is 89.5 Å². The third kappa shape index (κ3) is 5.69. The van der Waals surface area contributed by atoms with Gasteiger partial charge in [0.05, 0.1) is 39.4 Å². The van der Waals surface area contributed by atoms with Gasteiger partial charge in [-0.05, 0) is 53.0 Å². The highest BCUT2D eigenvalue weighted by atomic mass is 32.1. The van der Waals surface area contributed by atoms with E-state index in [2.05, 4.69) is 15.6 Å². The number of aliphatic hydroxyl groups excluding tert-OH is 2. The molecule has 4 heterocycles. The smallest absolute Gasteiger partial charge is 0.224 e. The van der Waals surface area contributed by atoms with E-state index in [1.165, 1.54) is 11.3 Å². The summed E-state index contributed by atoms with van der Waals surface area (Å²) in [5.41, 5.74) is 1.93. The zero-order valence-corrected chi connectivity index (χ0v) is 23.6. The fraction of sp³-hybridized carbons (Fsp3) is 0.593. The Morgan fingerprint density at radius 1 is 1.15 bits per heavy atom. The van der Waals surface area contributed by atoms with Gasteiger partial charge in [-0.1, -0.05) is 0 Å². The maximum atomic E-state index is 11.9. The summed E-state index contributed by atoms with van der Waals surface area (Å²) < 4.78 is 1.000. The van der Waals surface area contributed by atoms with Crippen LogP contribution in [0.25, 0.3) is 20.8 Å². The summed E-state index contributed by atoms with van der Waals surface area (Å²) in [4.78, 5) is 32.5. The second-order valence-electron chi connectivity index (χ2n) is 11.1. The number of amides is 1. The van der Waals surface area contributed by atoms with Crippen LogP contribution in [0.15, 0.2) is 12.3 Å². The number of aromatic nitrogens is 4. The van der Waals surface area contributed by atoms with E-state index in [1.807, 2.05) is 24.8 Å². The highest BCUT2D eigenvalue weighted by Crippen LogP contribution is 2.40. The van der Waals surface area contributed by atoms with Gasteiger partial charge in [0.15, 0.2) is 0 Å². The Morgan fingerprint density at radius 3 is 2.62 bits per heavy atom. The maximum absolute atomic E-state index is 11.9. The van der Waals surface area contributed by atoms with E-state index in [0.29, 0.717) is 43.4 Å². The Hall–Kier alpha value is -2.93. The zero-order valence-electron chi connectivity index (χ0n) is 22.8. The minimum absolute atomic E-state index is 0.209. The monoisotopic (exact) mass is 555 g/mol. The van der Waals surface area contributed by atoms with Gasteiger partial charge in [-0.25, -0.2) is 9.97 Å². The first-order chi connectivity index (χ1) is 18.5. The van der Waals surface area contributed by atoms with Crippen molar-refractivity contribution in [3.8, 4) is 10.6 Å². The quantitative estimate of drug-likeness (QED) is 0.249. The summed E-state index contributed by atoms with van der Waals surface area (Å²) in [6.07, 6.45) is 2.29. The molecule has 2 aliphatic rings. The highest BCUT2D eigenvalue weighted by molar-refractivity contribution is 7.21. The number of rotatable bonds is 9. The maximum Gasteiger partial charge on any atom is 0.224 e. The lowest BCUT2D eigenvalue weighted by atomic mass is 9.88. The summed E-state index contributed by atoms with van der Waals surface area (Å²) >= 11 is 1.52. The number of hydrogen-bond donors (Lipinski definition) is 5. The number of likely N-dealkylation sites (tertiary alicyclic amines) is 1. The van der Waals surface area contributed by atoms with Crippen molar-refractivity contribution in [2.24, 2.45) is 5.92 Å². The molecule has 39 heavy (non-hydrogen) atoms. The van der Waals surface area contributed by atoms with Crippen LogP contribution in [0.1, 0.15) is 50.9 Å². The molecular formula is C27H37N7O4S. The number of thiazole rings is 1. The topological polar surface area (TPSA) is 157 Å². The van der Waals surface area contributed by atoms with Gasteiger partial charge in [0.25, 0.3) is 0 Å². The van der Waals surface area contributed by atoms with Crippen LogP contribution in [-0.2, 0) is 4.79 Å². The van der Waals surface area contributed by atoms with Crippen LogP contribution in [0.4, 0.5) is 11.8 Å². The third-order valence-electron chi connectivity index (χ3n) is 7.77. The first-order valence-electron chi connectivity index (χ1n) is 13.5. The van der Waals surface area contributed by atoms with Crippen molar-refractivity contribution >= 4 is 39.2 Å². The average Bonchev–Trinajstić information content (AvgIpc) is 3.56. The normalized spacial score (nSPS) is 23.7. The van der Waals surface area contributed by atoms with Crippen molar-refractivity contribution in [3.05, 3.63) is 23.7 Å². The van der Waals surface area contributed by atoms with Crippen LogP contribution in [0.2, 0.25) is 0 Å². The number of aryl methyl sites for hydroxylation is 2. The number of hydrogen-bond acceptors (Lipinski definition) is 11. The Bertz CT molecular complexity index is 1360. The standard InChI is InChI=1S/C27H37N7O4S/c1-14-20(25-32-21-15(2)28-10-8-18(21)39-25)24(31-17-13-16(27(3,4)38)22(36)23(17)37)33-26(30-14)29-9-6-12-34-11-5-7-19(34)35/h8,10,16-17,22-23,36-38H,5-7,9,11-13H2,1-4H3,(H2,29,30,31,33)/t16-,17+,22+,23-/m0/s1. The van der Waals surface area contributed by atoms with Gasteiger partial charge in [-0.3, -0.25) is 9.78 Å². The van der Waals surface area contributed by atoms with Gasteiger partial charge in [0, 0.05) is 38.2 Å². The second kappa shape index (κ2) is 10.9. The fourth-order valence-electron chi connectivity index (χ4n) is 5.57.